The molecular formula is C18H24Cl2N2O3. The molecule has 1 spiro atoms. The molecule has 0 aliphatic carbocycles. The van der Waals surface area contributed by atoms with Crippen molar-refractivity contribution in [1.82, 2.24) is 10.6 Å². The van der Waals surface area contributed by atoms with Gasteiger partial charge in [-0.2, -0.15) is 0 Å². The van der Waals surface area contributed by atoms with E-state index in [9.17, 15) is 4.79 Å². The molecule has 0 aromatic heterocycles. The molecule has 1 atom stereocenters. The lowest BCUT2D eigenvalue weighted by molar-refractivity contribution is -0.000371. The van der Waals surface area contributed by atoms with E-state index in [1.165, 1.54) is 0 Å². The summed E-state index contributed by atoms with van der Waals surface area (Å²) in [7, 11) is 0. The van der Waals surface area contributed by atoms with Crippen LogP contribution in [0, 0.1) is 0 Å². The lowest BCUT2D eigenvalue weighted by atomic mass is 9.81. The summed E-state index contributed by atoms with van der Waals surface area (Å²) in [5, 5.41) is 7.23. The van der Waals surface area contributed by atoms with E-state index in [0.717, 1.165) is 31.5 Å². The number of hydrogen-bond acceptors (Lipinski definition) is 4. The maximum atomic E-state index is 12.3. The van der Waals surface area contributed by atoms with Gasteiger partial charge in [-0.1, -0.05) is 23.2 Å². The van der Waals surface area contributed by atoms with Crippen LogP contribution in [0.25, 0.3) is 0 Å². The zero-order valence-electron chi connectivity index (χ0n) is 14.7. The highest BCUT2D eigenvalue weighted by Gasteiger charge is 2.43. The second-order valence-corrected chi connectivity index (χ2v) is 8.56. The Balaban J connectivity index is 1.90. The van der Waals surface area contributed by atoms with E-state index in [2.05, 4.69) is 10.6 Å². The second kappa shape index (κ2) is 6.86. The van der Waals surface area contributed by atoms with Gasteiger partial charge in [0, 0.05) is 18.1 Å². The minimum atomic E-state index is -0.553. The lowest BCUT2D eigenvalue weighted by Gasteiger charge is -2.44. The monoisotopic (exact) mass is 386 g/mol. The van der Waals surface area contributed by atoms with Crippen LogP contribution in [0.2, 0.25) is 10.0 Å². The number of rotatable bonds is 1. The van der Waals surface area contributed by atoms with Crippen molar-refractivity contribution in [3.8, 4) is 5.75 Å². The Morgan fingerprint density at radius 1 is 1.28 bits per heavy atom. The van der Waals surface area contributed by atoms with E-state index >= 15 is 0 Å². The van der Waals surface area contributed by atoms with Gasteiger partial charge >= 0.3 is 6.09 Å². The van der Waals surface area contributed by atoms with Crippen molar-refractivity contribution < 1.29 is 14.3 Å². The van der Waals surface area contributed by atoms with Crippen molar-refractivity contribution in [3.05, 3.63) is 27.7 Å². The fourth-order valence-corrected chi connectivity index (χ4v) is 3.75. The summed E-state index contributed by atoms with van der Waals surface area (Å²) >= 11 is 12.4. The van der Waals surface area contributed by atoms with E-state index in [4.69, 9.17) is 32.7 Å². The number of benzene rings is 1. The number of hydrogen-bond donors (Lipinski definition) is 2. The third-order valence-electron chi connectivity index (χ3n) is 4.54. The van der Waals surface area contributed by atoms with Crippen molar-refractivity contribution in [1.29, 1.82) is 0 Å². The van der Waals surface area contributed by atoms with E-state index in [1.54, 1.807) is 12.1 Å². The molecule has 1 unspecified atom stereocenters. The first-order chi connectivity index (χ1) is 11.7. The molecule has 2 aliphatic rings. The Bertz CT molecular complexity index is 667. The minimum Gasteiger partial charge on any atom is -0.487 e. The summed E-state index contributed by atoms with van der Waals surface area (Å²) in [4.78, 5) is 12.3. The second-order valence-electron chi connectivity index (χ2n) is 7.74. The van der Waals surface area contributed by atoms with Gasteiger partial charge in [-0.05, 0) is 52.8 Å². The smallest absolute Gasteiger partial charge is 0.408 e. The van der Waals surface area contributed by atoms with Gasteiger partial charge in [0.15, 0.2) is 0 Å². The zero-order chi connectivity index (χ0) is 18.2. The molecule has 1 saturated heterocycles. The van der Waals surface area contributed by atoms with Gasteiger partial charge in [0.25, 0.3) is 0 Å². The molecule has 0 saturated carbocycles. The van der Waals surface area contributed by atoms with E-state index in [-0.39, 0.29) is 11.6 Å². The maximum Gasteiger partial charge on any atom is 0.408 e. The summed E-state index contributed by atoms with van der Waals surface area (Å²) in [6, 6.07) is 3.28. The Morgan fingerprint density at radius 2 is 1.92 bits per heavy atom. The SMILES string of the molecule is CC(C)(C)OC(=O)NC1CC2(CCNCC2)Oc2cc(Cl)c(Cl)cc21. The average Bonchev–Trinajstić information content (AvgIpc) is 2.48. The topological polar surface area (TPSA) is 59.6 Å². The van der Waals surface area contributed by atoms with Gasteiger partial charge in [-0.15, -0.1) is 0 Å². The summed E-state index contributed by atoms with van der Waals surface area (Å²) in [5.74, 6) is 0.684. The molecule has 7 heteroatoms. The van der Waals surface area contributed by atoms with Crippen molar-refractivity contribution in [2.45, 2.75) is 57.3 Å². The van der Waals surface area contributed by atoms with Gasteiger partial charge in [-0.25, -0.2) is 4.79 Å². The largest absolute Gasteiger partial charge is 0.487 e. The standard InChI is InChI=1S/C18H24Cl2N2O3/c1-17(2,3)25-16(23)22-14-10-18(4-6-21-7-5-18)24-15-9-13(20)12(19)8-11(14)15/h8-9,14,21H,4-7,10H2,1-3H3,(H,22,23). The van der Waals surface area contributed by atoms with Gasteiger partial charge < -0.3 is 20.1 Å². The molecule has 138 valence electrons. The average molecular weight is 387 g/mol. The highest BCUT2D eigenvalue weighted by atomic mass is 35.5. The van der Waals surface area contributed by atoms with E-state index < -0.39 is 11.7 Å². The fourth-order valence-electron chi connectivity index (χ4n) is 3.43. The first-order valence-electron chi connectivity index (χ1n) is 8.56. The van der Waals surface area contributed by atoms with Gasteiger partial charge in [0.05, 0.1) is 16.1 Å². The quantitative estimate of drug-likeness (QED) is 0.747. The minimum absolute atomic E-state index is 0.230. The summed E-state index contributed by atoms with van der Waals surface area (Å²) < 4.78 is 11.8. The van der Waals surface area contributed by atoms with Crippen LogP contribution in [-0.2, 0) is 4.74 Å². The number of piperidine rings is 1. The number of nitrogens with one attached hydrogen (secondary N) is 2. The van der Waals surface area contributed by atoms with Crippen molar-refractivity contribution in [2.75, 3.05) is 13.1 Å². The molecular weight excluding hydrogens is 363 g/mol. The number of ether oxygens (including phenoxy) is 2. The first-order valence-corrected chi connectivity index (χ1v) is 9.31. The van der Waals surface area contributed by atoms with Crippen LogP contribution >= 0.6 is 23.2 Å². The van der Waals surface area contributed by atoms with Crippen molar-refractivity contribution >= 4 is 29.3 Å². The molecule has 3 rings (SSSR count). The van der Waals surface area contributed by atoms with Crippen LogP contribution in [0.4, 0.5) is 4.79 Å². The van der Waals surface area contributed by atoms with Gasteiger partial charge in [-0.3, -0.25) is 0 Å². The third-order valence-corrected chi connectivity index (χ3v) is 5.26. The predicted octanol–water partition coefficient (Wildman–Crippen LogP) is 4.46. The molecule has 5 nitrogen and oxygen atoms in total. The normalized spacial score (nSPS) is 22.0. The molecule has 2 N–H and O–H groups in total. The molecule has 1 fully saturated rings. The highest BCUT2D eigenvalue weighted by Crippen LogP contribution is 2.46. The first kappa shape index (κ1) is 18.6. The molecule has 1 amide bonds. The number of alkyl carbamates (subject to hydrolysis) is 1. The highest BCUT2D eigenvalue weighted by molar-refractivity contribution is 6.42. The van der Waals surface area contributed by atoms with Gasteiger partial charge in [0.1, 0.15) is 17.0 Å². The number of fused-ring (bicyclic) bond motifs is 1. The van der Waals surface area contributed by atoms with Crippen molar-refractivity contribution in [3.63, 3.8) is 0 Å². The lowest BCUT2D eigenvalue weighted by Crippen LogP contribution is -2.51. The molecule has 2 heterocycles. The van der Waals surface area contributed by atoms with Crippen LogP contribution < -0.4 is 15.4 Å². The Labute approximate surface area is 158 Å². The van der Waals surface area contributed by atoms with E-state index in [1.807, 2.05) is 20.8 Å². The van der Waals surface area contributed by atoms with E-state index in [0.29, 0.717) is 22.2 Å². The predicted molar refractivity (Wildman–Crippen MR) is 98.7 cm³/mol. The molecule has 1 aromatic rings. The summed E-state index contributed by atoms with van der Waals surface area (Å²) in [5.41, 5.74) is -0.0264. The van der Waals surface area contributed by atoms with Gasteiger partial charge in [0.2, 0.25) is 0 Å². The van der Waals surface area contributed by atoms with Crippen molar-refractivity contribution in [2.24, 2.45) is 0 Å². The fraction of sp³-hybridized carbons (Fsp3) is 0.611. The number of carbonyl (C=O) groups excluding carboxylic acids is 1. The molecule has 2 aliphatic heterocycles. The molecule has 0 radical (unpaired) electrons. The molecule has 25 heavy (non-hydrogen) atoms. The number of amides is 1. The Morgan fingerprint density at radius 3 is 2.56 bits per heavy atom. The van der Waals surface area contributed by atoms with Crippen LogP contribution in [0.3, 0.4) is 0 Å². The number of halogens is 2. The number of carbonyl (C=O) groups is 1. The molecule has 0 bridgehead atoms. The molecule has 1 aromatic carbocycles. The van der Waals surface area contributed by atoms with Crippen LogP contribution in [-0.4, -0.2) is 30.4 Å². The third kappa shape index (κ3) is 4.33. The maximum absolute atomic E-state index is 12.3. The Hall–Kier alpha value is -1.17. The zero-order valence-corrected chi connectivity index (χ0v) is 16.3. The summed E-state index contributed by atoms with van der Waals surface area (Å²) in [6.07, 6.45) is 1.98. The van der Waals surface area contributed by atoms with Crippen LogP contribution in [0.5, 0.6) is 5.75 Å². The summed E-state index contributed by atoms with van der Waals surface area (Å²) in [6.45, 7) is 7.30. The Kier molecular flexibility index (Phi) is 5.11. The van der Waals surface area contributed by atoms with Crippen LogP contribution in [0.1, 0.15) is 51.6 Å². The van der Waals surface area contributed by atoms with Crippen LogP contribution in [0.15, 0.2) is 12.1 Å².